The lowest BCUT2D eigenvalue weighted by Crippen LogP contribution is -2.22. The van der Waals surface area contributed by atoms with Gasteiger partial charge >= 0.3 is 0 Å². The summed E-state index contributed by atoms with van der Waals surface area (Å²) in [7, 11) is 0. The smallest absolute Gasteiger partial charge is 0.243 e. The second-order valence-electron chi connectivity index (χ2n) is 4.37. The molecule has 0 saturated heterocycles. The number of carbonyl (C=O) groups excluding carboxylic acids is 1. The second kappa shape index (κ2) is 6.90. The fraction of sp³-hybridized carbons (Fsp3) is 0.133. The molecule has 2 rings (SSSR count). The Kier molecular flexibility index (Phi) is 5.20. The number of nitrogens with one attached hydrogen (secondary N) is 2. The summed E-state index contributed by atoms with van der Waals surface area (Å²) in [4.78, 5) is 11.9. The molecule has 2 N–H and O–H groups in total. The van der Waals surface area contributed by atoms with Crippen molar-refractivity contribution >= 4 is 49.1 Å². The number of benzene rings is 2. The average molecular weight is 398 g/mol. The van der Waals surface area contributed by atoms with E-state index < -0.39 is 0 Å². The zero-order valence-corrected chi connectivity index (χ0v) is 14.1. The summed E-state index contributed by atoms with van der Waals surface area (Å²) in [6, 6.07) is 13.4. The Labute approximate surface area is 135 Å². The number of halogens is 2. The van der Waals surface area contributed by atoms with Gasteiger partial charge in [-0.3, -0.25) is 4.79 Å². The van der Waals surface area contributed by atoms with E-state index in [0.29, 0.717) is 0 Å². The van der Waals surface area contributed by atoms with Crippen molar-refractivity contribution in [1.82, 2.24) is 0 Å². The minimum atomic E-state index is -0.0771. The van der Waals surface area contributed by atoms with Crippen LogP contribution in [0.15, 0.2) is 51.4 Å². The third kappa shape index (κ3) is 4.35. The van der Waals surface area contributed by atoms with E-state index in [4.69, 9.17) is 0 Å². The molecule has 0 aliphatic rings. The first kappa shape index (κ1) is 15.1. The van der Waals surface area contributed by atoms with Crippen LogP contribution in [0.4, 0.5) is 11.4 Å². The highest BCUT2D eigenvalue weighted by Crippen LogP contribution is 2.20. The Bertz CT molecular complexity index is 612. The van der Waals surface area contributed by atoms with Crippen LogP contribution in [0.3, 0.4) is 0 Å². The van der Waals surface area contributed by atoms with Gasteiger partial charge in [0.2, 0.25) is 5.91 Å². The lowest BCUT2D eigenvalue weighted by atomic mass is 10.2. The van der Waals surface area contributed by atoms with E-state index in [1.807, 2.05) is 49.4 Å². The van der Waals surface area contributed by atoms with E-state index >= 15 is 0 Å². The second-order valence-corrected chi connectivity index (χ2v) is 6.20. The monoisotopic (exact) mass is 396 g/mol. The van der Waals surface area contributed by atoms with Crippen LogP contribution in [-0.2, 0) is 4.79 Å². The van der Waals surface area contributed by atoms with E-state index in [0.717, 1.165) is 25.9 Å². The minimum absolute atomic E-state index is 0.0771. The van der Waals surface area contributed by atoms with Crippen LogP contribution < -0.4 is 10.6 Å². The maximum Gasteiger partial charge on any atom is 0.243 e. The Morgan fingerprint density at radius 3 is 2.40 bits per heavy atom. The first-order chi connectivity index (χ1) is 9.54. The maximum atomic E-state index is 11.9. The van der Waals surface area contributed by atoms with Gasteiger partial charge < -0.3 is 10.6 Å². The summed E-state index contributed by atoms with van der Waals surface area (Å²) in [6.07, 6.45) is 0. The van der Waals surface area contributed by atoms with Crippen LogP contribution in [-0.4, -0.2) is 12.5 Å². The molecule has 0 unspecified atom stereocenters. The minimum Gasteiger partial charge on any atom is -0.376 e. The van der Waals surface area contributed by atoms with Crippen molar-refractivity contribution in [1.29, 1.82) is 0 Å². The first-order valence-corrected chi connectivity index (χ1v) is 7.68. The summed E-state index contributed by atoms with van der Waals surface area (Å²) >= 11 is 6.78. The molecule has 5 heteroatoms. The third-order valence-electron chi connectivity index (χ3n) is 2.77. The molecule has 3 nitrogen and oxygen atoms in total. The van der Waals surface area contributed by atoms with Crippen molar-refractivity contribution < 1.29 is 4.79 Å². The Hall–Kier alpha value is -1.33. The lowest BCUT2D eigenvalue weighted by Gasteiger charge is -2.10. The van der Waals surface area contributed by atoms with Crippen molar-refractivity contribution in [3.8, 4) is 0 Å². The molecule has 0 bridgehead atoms. The standard InChI is InChI=1S/C15H14Br2N2O/c1-10-2-3-12(17)8-14(10)18-9-15(20)19-13-6-4-11(16)5-7-13/h2-8,18H,9H2,1H3,(H,19,20). The number of hydrogen-bond donors (Lipinski definition) is 2. The summed E-state index contributed by atoms with van der Waals surface area (Å²) in [5, 5.41) is 5.97. The SMILES string of the molecule is Cc1ccc(Br)cc1NCC(=O)Nc1ccc(Br)cc1. The third-order valence-corrected chi connectivity index (χ3v) is 3.79. The Morgan fingerprint density at radius 1 is 1.05 bits per heavy atom. The van der Waals surface area contributed by atoms with Crippen molar-refractivity contribution in [3.05, 3.63) is 57.0 Å². The number of hydrogen-bond acceptors (Lipinski definition) is 2. The van der Waals surface area contributed by atoms with Gasteiger partial charge in [0, 0.05) is 20.3 Å². The number of anilines is 2. The van der Waals surface area contributed by atoms with E-state index in [9.17, 15) is 4.79 Å². The lowest BCUT2D eigenvalue weighted by molar-refractivity contribution is -0.114. The number of carbonyl (C=O) groups is 1. The molecule has 0 aromatic heterocycles. The van der Waals surface area contributed by atoms with Gasteiger partial charge in [-0.25, -0.2) is 0 Å². The number of amides is 1. The van der Waals surface area contributed by atoms with E-state index in [1.165, 1.54) is 0 Å². The molecule has 0 aliphatic heterocycles. The van der Waals surface area contributed by atoms with Crippen LogP contribution in [0, 0.1) is 6.92 Å². The van der Waals surface area contributed by atoms with Gasteiger partial charge in [-0.2, -0.15) is 0 Å². The van der Waals surface area contributed by atoms with Gasteiger partial charge in [-0.15, -0.1) is 0 Å². The summed E-state index contributed by atoms with van der Waals surface area (Å²) < 4.78 is 1.97. The molecule has 1 amide bonds. The number of aryl methyl sites for hydroxylation is 1. The predicted octanol–water partition coefficient (Wildman–Crippen LogP) is 4.57. The van der Waals surface area contributed by atoms with Crippen LogP contribution in [0.2, 0.25) is 0 Å². The Balaban J connectivity index is 1.92. The molecule has 0 aliphatic carbocycles. The topological polar surface area (TPSA) is 41.1 Å². The molecule has 0 heterocycles. The molecule has 0 radical (unpaired) electrons. The maximum absolute atomic E-state index is 11.9. The van der Waals surface area contributed by atoms with Crippen molar-refractivity contribution in [3.63, 3.8) is 0 Å². The van der Waals surface area contributed by atoms with Gasteiger partial charge in [-0.1, -0.05) is 37.9 Å². The molecule has 0 atom stereocenters. The zero-order valence-electron chi connectivity index (χ0n) is 10.9. The summed E-state index contributed by atoms with van der Waals surface area (Å²) in [5.74, 6) is -0.0771. The van der Waals surface area contributed by atoms with E-state index in [1.54, 1.807) is 0 Å². The molecular weight excluding hydrogens is 384 g/mol. The average Bonchev–Trinajstić information content (AvgIpc) is 2.42. The quantitative estimate of drug-likeness (QED) is 0.793. The molecule has 2 aromatic rings. The molecule has 2 aromatic carbocycles. The molecule has 0 fully saturated rings. The van der Waals surface area contributed by atoms with Crippen LogP contribution >= 0.6 is 31.9 Å². The zero-order chi connectivity index (χ0) is 14.5. The summed E-state index contributed by atoms with van der Waals surface area (Å²) in [5.41, 5.74) is 2.83. The van der Waals surface area contributed by atoms with Gasteiger partial charge in [0.15, 0.2) is 0 Å². The fourth-order valence-electron chi connectivity index (χ4n) is 1.70. The van der Waals surface area contributed by atoms with Crippen LogP contribution in [0.5, 0.6) is 0 Å². The molecule has 0 saturated carbocycles. The van der Waals surface area contributed by atoms with Gasteiger partial charge in [0.25, 0.3) is 0 Å². The van der Waals surface area contributed by atoms with Crippen molar-refractivity contribution in [2.24, 2.45) is 0 Å². The van der Waals surface area contributed by atoms with Crippen molar-refractivity contribution in [2.45, 2.75) is 6.92 Å². The van der Waals surface area contributed by atoms with E-state index in [-0.39, 0.29) is 12.5 Å². The molecule has 20 heavy (non-hydrogen) atoms. The van der Waals surface area contributed by atoms with Gasteiger partial charge in [-0.05, 0) is 48.9 Å². The van der Waals surface area contributed by atoms with Crippen molar-refractivity contribution in [2.75, 3.05) is 17.2 Å². The largest absolute Gasteiger partial charge is 0.376 e. The van der Waals surface area contributed by atoms with Crippen LogP contribution in [0.1, 0.15) is 5.56 Å². The summed E-state index contributed by atoms with van der Waals surface area (Å²) in [6.45, 7) is 2.23. The van der Waals surface area contributed by atoms with Gasteiger partial charge in [0.1, 0.15) is 0 Å². The highest BCUT2D eigenvalue weighted by atomic mass is 79.9. The predicted molar refractivity (Wildman–Crippen MR) is 90.1 cm³/mol. The molecule has 0 spiro atoms. The number of rotatable bonds is 4. The van der Waals surface area contributed by atoms with Crippen LogP contribution in [0.25, 0.3) is 0 Å². The Morgan fingerprint density at radius 2 is 1.70 bits per heavy atom. The first-order valence-electron chi connectivity index (χ1n) is 6.10. The van der Waals surface area contributed by atoms with E-state index in [2.05, 4.69) is 42.5 Å². The van der Waals surface area contributed by atoms with Gasteiger partial charge in [0.05, 0.1) is 6.54 Å². The molecule has 104 valence electrons. The highest BCUT2D eigenvalue weighted by Gasteiger charge is 2.04. The fourth-order valence-corrected chi connectivity index (χ4v) is 2.32. The normalized spacial score (nSPS) is 10.2. The highest BCUT2D eigenvalue weighted by molar-refractivity contribution is 9.10. The molecular formula is C15H14Br2N2O.